The van der Waals surface area contributed by atoms with Crippen LogP contribution in [0.5, 0.6) is 0 Å². The highest BCUT2D eigenvalue weighted by molar-refractivity contribution is 5.68. The first kappa shape index (κ1) is 15.1. The molecule has 0 unspecified atom stereocenters. The summed E-state index contributed by atoms with van der Waals surface area (Å²) in [6, 6.07) is 4.08. The van der Waals surface area contributed by atoms with E-state index in [-0.39, 0.29) is 5.82 Å². The fourth-order valence-electron chi connectivity index (χ4n) is 1.36. The fourth-order valence-corrected chi connectivity index (χ4v) is 1.36. The van der Waals surface area contributed by atoms with Gasteiger partial charge in [-0.2, -0.15) is 0 Å². The van der Waals surface area contributed by atoms with Crippen molar-refractivity contribution in [1.82, 2.24) is 5.32 Å². The number of alkyl carbamates (subject to hydrolysis) is 1. The summed E-state index contributed by atoms with van der Waals surface area (Å²) in [5.41, 5.74) is 6.11. The van der Waals surface area contributed by atoms with Crippen LogP contribution in [-0.4, -0.2) is 24.8 Å². The first-order valence-corrected chi connectivity index (χ1v) is 6.04. The summed E-state index contributed by atoms with van der Waals surface area (Å²) in [4.78, 5) is 11.3. The van der Waals surface area contributed by atoms with E-state index in [0.29, 0.717) is 24.5 Å². The summed E-state index contributed by atoms with van der Waals surface area (Å²) in [7, 11) is 0. The Morgan fingerprint density at radius 1 is 1.37 bits per heavy atom. The lowest BCUT2D eigenvalue weighted by Crippen LogP contribution is -2.35. The molecule has 0 spiro atoms. The van der Waals surface area contributed by atoms with Gasteiger partial charge in [0.05, 0.1) is 11.4 Å². The molecule has 0 saturated carbocycles. The van der Waals surface area contributed by atoms with Gasteiger partial charge in [0, 0.05) is 13.1 Å². The molecule has 0 saturated heterocycles. The minimum atomic E-state index is -0.523. The molecule has 1 amide bonds. The Morgan fingerprint density at radius 2 is 2.05 bits per heavy atom. The molecule has 6 heteroatoms. The number of hydrogen-bond acceptors (Lipinski definition) is 4. The lowest BCUT2D eigenvalue weighted by molar-refractivity contribution is 0.0530. The molecule has 19 heavy (non-hydrogen) atoms. The number of amides is 1. The second-order valence-electron chi connectivity index (χ2n) is 5.09. The summed E-state index contributed by atoms with van der Waals surface area (Å²) in [5.74, 6) is -0.364. The van der Waals surface area contributed by atoms with Gasteiger partial charge in [-0.25, -0.2) is 9.18 Å². The predicted molar refractivity (Wildman–Crippen MR) is 73.5 cm³/mol. The first-order valence-electron chi connectivity index (χ1n) is 6.04. The zero-order valence-electron chi connectivity index (χ0n) is 11.4. The van der Waals surface area contributed by atoms with Crippen molar-refractivity contribution in [2.75, 3.05) is 24.1 Å². The summed E-state index contributed by atoms with van der Waals surface area (Å²) in [6.45, 7) is 6.15. The maximum absolute atomic E-state index is 13.0. The van der Waals surface area contributed by atoms with Gasteiger partial charge in [-0.15, -0.1) is 0 Å². The number of rotatable bonds is 4. The zero-order valence-corrected chi connectivity index (χ0v) is 11.4. The van der Waals surface area contributed by atoms with E-state index < -0.39 is 11.7 Å². The molecule has 0 fully saturated rings. The van der Waals surface area contributed by atoms with Crippen molar-refractivity contribution in [2.24, 2.45) is 0 Å². The quantitative estimate of drug-likeness (QED) is 0.579. The summed E-state index contributed by atoms with van der Waals surface area (Å²) >= 11 is 0. The van der Waals surface area contributed by atoms with E-state index >= 15 is 0 Å². The van der Waals surface area contributed by atoms with E-state index in [0.717, 1.165) is 0 Å². The van der Waals surface area contributed by atoms with Gasteiger partial charge >= 0.3 is 6.09 Å². The van der Waals surface area contributed by atoms with Crippen LogP contribution in [0.1, 0.15) is 20.8 Å². The third kappa shape index (κ3) is 5.94. The van der Waals surface area contributed by atoms with Crippen molar-refractivity contribution in [3.8, 4) is 0 Å². The molecule has 0 aliphatic carbocycles. The predicted octanol–water partition coefficient (Wildman–Crippen LogP) is 2.34. The van der Waals surface area contributed by atoms with Crippen LogP contribution in [-0.2, 0) is 4.74 Å². The average Bonchev–Trinajstić information content (AvgIpc) is 2.26. The van der Waals surface area contributed by atoms with Crippen LogP contribution in [0.25, 0.3) is 0 Å². The number of nitrogen functional groups attached to an aromatic ring is 1. The number of anilines is 2. The molecular formula is C13H20FN3O2. The topological polar surface area (TPSA) is 76.4 Å². The van der Waals surface area contributed by atoms with E-state index in [9.17, 15) is 9.18 Å². The van der Waals surface area contributed by atoms with Gasteiger partial charge in [0.15, 0.2) is 0 Å². The van der Waals surface area contributed by atoms with Gasteiger partial charge in [0.1, 0.15) is 11.4 Å². The number of benzene rings is 1. The highest BCUT2D eigenvalue weighted by Crippen LogP contribution is 2.18. The SMILES string of the molecule is CC(C)(C)OC(=O)NCCNc1cc(F)ccc1N. The van der Waals surface area contributed by atoms with Crippen molar-refractivity contribution in [1.29, 1.82) is 0 Å². The molecular weight excluding hydrogens is 249 g/mol. The molecule has 106 valence electrons. The number of carbonyl (C=O) groups excluding carboxylic acids is 1. The third-order valence-electron chi connectivity index (χ3n) is 2.12. The maximum Gasteiger partial charge on any atom is 0.407 e. The van der Waals surface area contributed by atoms with Gasteiger partial charge in [-0.3, -0.25) is 0 Å². The Hall–Kier alpha value is -1.98. The summed E-state index contributed by atoms with van der Waals surface area (Å²) < 4.78 is 18.1. The number of carbonyl (C=O) groups is 1. The van der Waals surface area contributed by atoms with Crippen LogP contribution in [0.4, 0.5) is 20.6 Å². The molecule has 0 bridgehead atoms. The first-order chi connectivity index (χ1) is 8.78. The van der Waals surface area contributed by atoms with Gasteiger partial charge < -0.3 is 21.1 Å². The average molecular weight is 269 g/mol. The van der Waals surface area contributed by atoms with Crippen LogP contribution in [0, 0.1) is 5.82 Å². The third-order valence-corrected chi connectivity index (χ3v) is 2.12. The van der Waals surface area contributed by atoms with Crippen molar-refractivity contribution in [2.45, 2.75) is 26.4 Å². The Balaban J connectivity index is 2.31. The van der Waals surface area contributed by atoms with Crippen LogP contribution < -0.4 is 16.4 Å². The highest BCUT2D eigenvalue weighted by atomic mass is 19.1. The molecule has 0 aromatic heterocycles. The maximum atomic E-state index is 13.0. The molecule has 1 aromatic rings. The number of ether oxygens (including phenoxy) is 1. The van der Waals surface area contributed by atoms with E-state index in [1.807, 2.05) is 0 Å². The molecule has 0 radical (unpaired) electrons. The molecule has 1 rings (SSSR count). The standard InChI is InChI=1S/C13H20FN3O2/c1-13(2,3)19-12(18)17-7-6-16-11-8-9(14)4-5-10(11)15/h4-5,8,16H,6-7,15H2,1-3H3,(H,17,18). The molecule has 5 nitrogen and oxygen atoms in total. The van der Waals surface area contributed by atoms with Crippen LogP contribution in [0.2, 0.25) is 0 Å². The van der Waals surface area contributed by atoms with Crippen molar-refractivity contribution in [3.05, 3.63) is 24.0 Å². The second kappa shape index (κ2) is 6.26. The van der Waals surface area contributed by atoms with Gasteiger partial charge in [0.2, 0.25) is 0 Å². The van der Waals surface area contributed by atoms with Crippen molar-refractivity contribution in [3.63, 3.8) is 0 Å². The van der Waals surface area contributed by atoms with Crippen molar-refractivity contribution >= 4 is 17.5 Å². The summed E-state index contributed by atoms with van der Waals surface area (Å²) in [6.07, 6.45) is -0.485. The molecule has 0 atom stereocenters. The minimum absolute atomic E-state index is 0.352. The number of nitrogens with one attached hydrogen (secondary N) is 2. The second-order valence-corrected chi connectivity index (χ2v) is 5.09. The van der Waals surface area contributed by atoms with E-state index in [1.165, 1.54) is 18.2 Å². The number of halogens is 1. The minimum Gasteiger partial charge on any atom is -0.444 e. The Morgan fingerprint density at radius 3 is 2.68 bits per heavy atom. The van der Waals surface area contributed by atoms with E-state index in [1.54, 1.807) is 20.8 Å². The summed E-state index contributed by atoms with van der Waals surface area (Å²) in [5, 5.41) is 5.52. The van der Waals surface area contributed by atoms with Crippen LogP contribution in [0.15, 0.2) is 18.2 Å². The highest BCUT2D eigenvalue weighted by Gasteiger charge is 2.15. The van der Waals surface area contributed by atoms with Gasteiger partial charge in [-0.1, -0.05) is 0 Å². The molecule has 0 heterocycles. The molecule has 0 aliphatic heterocycles. The van der Waals surface area contributed by atoms with Crippen LogP contribution in [0.3, 0.4) is 0 Å². The number of nitrogens with two attached hydrogens (primary N) is 1. The lowest BCUT2D eigenvalue weighted by atomic mass is 10.2. The molecule has 1 aromatic carbocycles. The lowest BCUT2D eigenvalue weighted by Gasteiger charge is -2.19. The smallest absolute Gasteiger partial charge is 0.407 e. The van der Waals surface area contributed by atoms with E-state index in [2.05, 4.69) is 10.6 Å². The number of hydrogen-bond donors (Lipinski definition) is 3. The van der Waals surface area contributed by atoms with Gasteiger partial charge in [0.25, 0.3) is 0 Å². The largest absolute Gasteiger partial charge is 0.444 e. The Kier molecular flexibility index (Phi) is 4.97. The van der Waals surface area contributed by atoms with E-state index in [4.69, 9.17) is 10.5 Å². The monoisotopic (exact) mass is 269 g/mol. The van der Waals surface area contributed by atoms with Crippen LogP contribution >= 0.6 is 0 Å². The normalized spacial score (nSPS) is 10.9. The Labute approximate surface area is 112 Å². The molecule has 4 N–H and O–H groups in total. The Bertz CT molecular complexity index is 444. The van der Waals surface area contributed by atoms with Gasteiger partial charge in [-0.05, 0) is 39.0 Å². The fraction of sp³-hybridized carbons (Fsp3) is 0.462. The molecule has 0 aliphatic rings. The van der Waals surface area contributed by atoms with Crippen molar-refractivity contribution < 1.29 is 13.9 Å². The zero-order chi connectivity index (χ0) is 14.5.